The summed E-state index contributed by atoms with van der Waals surface area (Å²) in [5, 5.41) is 8.32. The maximum absolute atomic E-state index is 11.2. The molecule has 1 heterocycles. The van der Waals surface area contributed by atoms with Crippen molar-refractivity contribution in [3.63, 3.8) is 0 Å². The summed E-state index contributed by atoms with van der Waals surface area (Å²) in [7, 11) is 1.23. The zero-order valence-electron chi connectivity index (χ0n) is 7.56. The van der Waals surface area contributed by atoms with Gasteiger partial charge < -0.3 is 9.84 Å². The number of ether oxygens (including phenoxy) is 1. The molecule has 0 aliphatic carbocycles. The maximum atomic E-state index is 11.2. The number of carbonyl (C=O) groups excluding carboxylic acids is 2. The molecule has 1 rings (SSSR count). The van der Waals surface area contributed by atoms with E-state index < -0.39 is 23.8 Å². The molecule has 1 N–H and O–H groups in total. The van der Waals surface area contributed by atoms with Crippen LogP contribution in [0.3, 0.4) is 0 Å². The number of thioether (sulfide) groups is 1. The van der Waals surface area contributed by atoms with Crippen molar-refractivity contribution in [1.29, 1.82) is 0 Å². The minimum Gasteiger partial charge on any atom is -0.481 e. The molecule has 6 heteroatoms. The molecule has 2 unspecified atom stereocenters. The van der Waals surface area contributed by atoms with Gasteiger partial charge in [-0.25, -0.2) is 0 Å². The monoisotopic (exact) mass is 218 g/mol. The van der Waals surface area contributed by atoms with Crippen molar-refractivity contribution in [3.05, 3.63) is 0 Å². The lowest BCUT2D eigenvalue weighted by molar-refractivity contribution is -0.149. The Bertz CT molecular complexity index is 275. The van der Waals surface area contributed by atoms with Gasteiger partial charge in [-0.2, -0.15) is 0 Å². The molecule has 0 radical (unpaired) electrons. The normalized spacial score (nSPS) is 26.2. The number of hydrogen-bond donors (Lipinski definition) is 1. The molecule has 0 aromatic rings. The van der Waals surface area contributed by atoms with E-state index in [1.54, 1.807) is 0 Å². The number of hydrogen-bond acceptors (Lipinski definition) is 5. The van der Waals surface area contributed by atoms with Gasteiger partial charge in [-0.15, -0.1) is 0 Å². The van der Waals surface area contributed by atoms with E-state index in [0.717, 1.165) is 11.8 Å². The third-order valence-electron chi connectivity index (χ3n) is 2.09. The lowest BCUT2D eigenvalue weighted by atomic mass is 9.92. The molecule has 0 spiro atoms. The highest BCUT2D eigenvalue weighted by Gasteiger charge is 2.41. The summed E-state index contributed by atoms with van der Waals surface area (Å²) in [4.78, 5) is 32.8. The van der Waals surface area contributed by atoms with E-state index in [9.17, 15) is 14.4 Å². The lowest BCUT2D eigenvalue weighted by Crippen LogP contribution is -2.27. The van der Waals surface area contributed by atoms with Crippen LogP contribution in [0.2, 0.25) is 0 Å². The average molecular weight is 218 g/mol. The Kier molecular flexibility index (Phi) is 3.51. The van der Waals surface area contributed by atoms with Crippen molar-refractivity contribution in [1.82, 2.24) is 0 Å². The summed E-state index contributed by atoms with van der Waals surface area (Å²) < 4.78 is 4.50. The quantitative estimate of drug-likeness (QED) is 0.679. The Balaban J connectivity index is 2.71. The molecule has 0 amide bonds. The first kappa shape index (κ1) is 11.0. The van der Waals surface area contributed by atoms with Gasteiger partial charge >= 0.3 is 11.9 Å². The fourth-order valence-electron chi connectivity index (χ4n) is 1.36. The first-order valence-corrected chi connectivity index (χ1v) is 5.01. The second-order valence-corrected chi connectivity index (χ2v) is 3.99. The van der Waals surface area contributed by atoms with E-state index in [1.165, 1.54) is 7.11 Å². The number of esters is 1. The fourth-order valence-corrected chi connectivity index (χ4v) is 2.53. The maximum Gasteiger partial charge on any atom is 0.310 e. The highest BCUT2D eigenvalue weighted by atomic mass is 32.2. The van der Waals surface area contributed by atoms with Gasteiger partial charge in [0.2, 0.25) is 0 Å². The van der Waals surface area contributed by atoms with Gasteiger partial charge in [0, 0.05) is 5.75 Å². The molecule has 0 saturated carbocycles. The van der Waals surface area contributed by atoms with Crippen LogP contribution in [-0.4, -0.2) is 35.0 Å². The number of methoxy groups -OCH3 is 1. The number of rotatable bonds is 3. The number of aliphatic carboxylic acids is 1. The van der Waals surface area contributed by atoms with Crippen LogP contribution in [0.25, 0.3) is 0 Å². The van der Waals surface area contributed by atoms with Gasteiger partial charge in [0.05, 0.1) is 25.4 Å². The van der Waals surface area contributed by atoms with Gasteiger partial charge in [-0.1, -0.05) is 11.8 Å². The molecule has 0 aromatic carbocycles. The Morgan fingerprint density at radius 2 is 2.29 bits per heavy atom. The lowest BCUT2D eigenvalue weighted by Gasteiger charge is -2.12. The van der Waals surface area contributed by atoms with Crippen molar-refractivity contribution in [2.75, 3.05) is 12.9 Å². The van der Waals surface area contributed by atoms with Crippen molar-refractivity contribution in [2.45, 2.75) is 6.42 Å². The van der Waals surface area contributed by atoms with Crippen LogP contribution < -0.4 is 0 Å². The van der Waals surface area contributed by atoms with E-state index >= 15 is 0 Å². The molecule has 0 aromatic heterocycles. The van der Waals surface area contributed by atoms with E-state index in [4.69, 9.17) is 5.11 Å². The SMILES string of the molecule is COC(=O)C1CSC(=O)C1CC(=O)O. The largest absolute Gasteiger partial charge is 0.481 e. The number of carboxylic acids is 1. The van der Waals surface area contributed by atoms with Crippen LogP contribution in [0.4, 0.5) is 0 Å². The summed E-state index contributed by atoms with van der Waals surface area (Å²) >= 11 is 0.996. The van der Waals surface area contributed by atoms with Crippen LogP contribution in [0.15, 0.2) is 0 Å². The molecular formula is C8H10O5S. The molecule has 14 heavy (non-hydrogen) atoms. The summed E-state index contributed by atoms with van der Waals surface area (Å²) in [5.41, 5.74) is 0. The van der Waals surface area contributed by atoms with Crippen molar-refractivity contribution in [2.24, 2.45) is 11.8 Å². The predicted molar refractivity (Wildman–Crippen MR) is 48.7 cm³/mol. The standard InChI is InChI=1S/C8H10O5S/c1-13-7(11)5-3-14-8(12)4(5)2-6(9)10/h4-5H,2-3H2,1H3,(H,9,10). The number of carbonyl (C=O) groups is 3. The van der Waals surface area contributed by atoms with Crippen LogP contribution in [0, 0.1) is 11.8 Å². The molecule has 1 aliphatic rings. The van der Waals surface area contributed by atoms with E-state index in [0.29, 0.717) is 5.75 Å². The molecule has 0 bridgehead atoms. The Morgan fingerprint density at radius 3 is 2.79 bits per heavy atom. The van der Waals surface area contributed by atoms with E-state index in [-0.39, 0.29) is 11.5 Å². The van der Waals surface area contributed by atoms with Crippen LogP contribution in [-0.2, 0) is 19.1 Å². The molecule has 1 fully saturated rings. The van der Waals surface area contributed by atoms with Gasteiger partial charge in [0.15, 0.2) is 5.12 Å². The van der Waals surface area contributed by atoms with Crippen molar-refractivity contribution >= 4 is 28.8 Å². The number of carboxylic acid groups (broad SMARTS) is 1. The molecule has 78 valence electrons. The Labute approximate surface area is 84.8 Å². The minimum atomic E-state index is -1.07. The first-order valence-electron chi connectivity index (χ1n) is 4.02. The van der Waals surface area contributed by atoms with Crippen LogP contribution in [0.1, 0.15) is 6.42 Å². The summed E-state index contributed by atoms with van der Waals surface area (Å²) in [6.45, 7) is 0. The highest BCUT2D eigenvalue weighted by Crippen LogP contribution is 2.34. The Hall–Kier alpha value is -1.04. The average Bonchev–Trinajstić information content (AvgIpc) is 2.46. The van der Waals surface area contributed by atoms with E-state index in [2.05, 4.69) is 4.74 Å². The van der Waals surface area contributed by atoms with Gasteiger partial charge in [0.1, 0.15) is 0 Å². The summed E-state index contributed by atoms with van der Waals surface area (Å²) in [5.74, 6) is -2.59. The summed E-state index contributed by atoms with van der Waals surface area (Å²) in [6.07, 6.45) is -0.300. The third kappa shape index (κ3) is 2.25. The smallest absolute Gasteiger partial charge is 0.310 e. The zero-order valence-corrected chi connectivity index (χ0v) is 8.37. The van der Waals surface area contributed by atoms with Crippen LogP contribution >= 0.6 is 11.8 Å². The minimum absolute atomic E-state index is 0.234. The van der Waals surface area contributed by atoms with Gasteiger partial charge in [-0.05, 0) is 0 Å². The second kappa shape index (κ2) is 4.45. The Morgan fingerprint density at radius 1 is 1.64 bits per heavy atom. The van der Waals surface area contributed by atoms with Crippen molar-refractivity contribution < 1.29 is 24.2 Å². The third-order valence-corrected chi connectivity index (χ3v) is 3.21. The van der Waals surface area contributed by atoms with Crippen LogP contribution in [0.5, 0.6) is 0 Å². The second-order valence-electron chi connectivity index (χ2n) is 2.96. The fraction of sp³-hybridized carbons (Fsp3) is 0.625. The zero-order chi connectivity index (χ0) is 10.7. The van der Waals surface area contributed by atoms with E-state index in [1.807, 2.05) is 0 Å². The molecule has 1 aliphatic heterocycles. The van der Waals surface area contributed by atoms with Crippen molar-refractivity contribution in [3.8, 4) is 0 Å². The molecule has 2 atom stereocenters. The topological polar surface area (TPSA) is 80.7 Å². The predicted octanol–water partition coefficient (Wildman–Crippen LogP) is 0.140. The van der Waals surface area contributed by atoms with Gasteiger partial charge in [0.25, 0.3) is 0 Å². The first-order chi connectivity index (χ1) is 6.56. The summed E-state index contributed by atoms with van der Waals surface area (Å²) in [6, 6.07) is 0. The molecular weight excluding hydrogens is 208 g/mol. The molecule has 5 nitrogen and oxygen atoms in total. The molecule has 1 saturated heterocycles. The van der Waals surface area contributed by atoms with Gasteiger partial charge in [-0.3, -0.25) is 14.4 Å². The highest BCUT2D eigenvalue weighted by molar-refractivity contribution is 8.14.